The van der Waals surface area contributed by atoms with Crippen LogP contribution in [0.15, 0.2) is 54.6 Å². The van der Waals surface area contributed by atoms with Crippen LogP contribution in [0.4, 0.5) is 23.0 Å². The van der Waals surface area contributed by atoms with Crippen molar-refractivity contribution in [2.75, 3.05) is 17.2 Å². The van der Waals surface area contributed by atoms with Gasteiger partial charge in [0.2, 0.25) is 0 Å². The first kappa shape index (κ1) is 18.7. The fourth-order valence-electron chi connectivity index (χ4n) is 2.46. The number of aryl methyl sites for hydroxylation is 1. The van der Waals surface area contributed by atoms with Gasteiger partial charge in [-0.15, -0.1) is 0 Å². The van der Waals surface area contributed by atoms with Crippen molar-refractivity contribution in [3.8, 4) is 0 Å². The van der Waals surface area contributed by atoms with Gasteiger partial charge in [0.1, 0.15) is 17.5 Å². The van der Waals surface area contributed by atoms with Crippen LogP contribution in [0, 0.1) is 6.92 Å². The molecule has 2 N–H and O–H groups in total. The Morgan fingerprint density at radius 3 is 2.30 bits per heavy atom. The highest BCUT2D eigenvalue weighted by atomic mass is 35.5. The number of benzene rings is 2. The van der Waals surface area contributed by atoms with Gasteiger partial charge in [0.25, 0.3) is 0 Å². The molecule has 0 unspecified atom stereocenters. The van der Waals surface area contributed by atoms with E-state index in [1.807, 2.05) is 31.2 Å². The molecule has 0 aliphatic rings. The summed E-state index contributed by atoms with van der Waals surface area (Å²) >= 11 is 6.02. The number of carbonyl (C=O) groups excluding carboxylic acids is 1. The Morgan fingerprint density at radius 2 is 1.67 bits per heavy atom. The molecule has 0 bridgehead atoms. The van der Waals surface area contributed by atoms with Gasteiger partial charge in [0, 0.05) is 22.5 Å². The summed E-state index contributed by atoms with van der Waals surface area (Å²) in [4.78, 5) is 20.5. The van der Waals surface area contributed by atoms with Crippen LogP contribution >= 0.6 is 11.6 Å². The Hall–Kier alpha value is -3.12. The number of carbonyl (C=O) groups is 1. The Balaban J connectivity index is 1.75. The van der Waals surface area contributed by atoms with E-state index in [0.717, 1.165) is 11.4 Å². The van der Waals surface area contributed by atoms with Crippen molar-refractivity contribution >= 4 is 40.6 Å². The van der Waals surface area contributed by atoms with Crippen molar-refractivity contribution in [1.82, 2.24) is 9.97 Å². The SMILES string of the molecule is CCOC(=O)c1ccc(Nc2cc(Nc3cccc(Cl)c3)nc(C)n2)cc1. The minimum Gasteiger partial charge on any atom is -0.462 e. The molecule has 0 saturated carbocycles. The lowest BCUT2D eigenvalue weighted by molar-refractivity contribution is 0.0526. The Bertz CT molecular complexity index is 945. The molecule has 2 aromatic carbocycles. The number of ether oxygens (including phenoxy) is 1. The monoisotopic (exact) mass is 382 g/mol. The van der Waals surface area contributed by atoms with Crippen molar-refractivity contribution in [1.29, 1.82) is 0 Å². The van der Waals surface area contributed by atoms with Crippen LogP contribution < -0.4 is 10.6 Å². The van der Waals surface area contributed by atoms with E-state index in [4.69, 9.17) is 16.3 Å². The van der Waals surface area contributed by atoms with E-state index < -0.39 is 0 Å². The van der Waals surface area contributed by atoms with Crippen LogP contribution in [-0.2, 0) is 4.74 Å². The minimum absolute atomic E-state index is 0.338. The second kappa shape index (κ2) is 8.51. The van der Waals surface area contributed by atoms with Gasteiger partial charge in [-0.1, -0.05) is 17.7 Å². The predicted molar refractivity (Wildman–Crippen MR) is 107 cm³/mol. The molecule has 3 aromatic rings. The summed E-state index contributed by atoms with van der Waals surface area (Å²) in [7, 11) is 0. The quantitative estimate of drug-likeness (QED) is 0.577. The van der Waals surface area contributed by atoms with Gasteiger partial charge >= 0.3 is 5.97 Å². The lowest BCUT2D eigenvalue weighted by Crippen LogP contribution is -2.05. The van der Waals surface area contributed by atoms with E-state index in [1.165, 1.54) is 0 Å². The third-order valence-corrected chi connectivity index (χ3v) is 3.84. The molecule has 1 heterocycles. The number of aromatic nitrogens is 2. The van der Waals surface area contributed by atoms with E-state index in [1.54, 1.807) is 37.3 Å². The van der Waals surface area contributed by atoms with Gasteiger partial charge in [-0.25, -0.2) is 14.8 Å². The number of hydrogen-bond donors (Lipinski definition) is 2. The first-order valence-corrected chi connectivity index (χ1v) is 8.84. The Kier molecular flexibility index (Phi) is 5.88. The zero-order valence-corrected chi connectivity index (χ0v) is 15.7. The Labute approximate surface area is 162 Å². The van der Waals surface area contributed by atoms with E-state index in [9.17, 15) is 4.79 Å². The van der Waals surface area contributed by atoms with E-state index in [-0.39, 0.29) is 5.97 Å². The summed E-state index contributed by atoms with van der Waals surface area (Å²) < 4.78 is 4.98. The molecular formula is C20H19ClN4O2. The first-order valence-electron chi connectivity index (χ1n) is 8.46. The maximum absolute atomic E-state index is 11.7. The van der Waals surface area contributed by atoms with Crippen LogP contribution in [0.5, 0.6) is 0 Å². The molecule has 0 amide bonds. The van der Waals surface area contributed by atoms with Crippen molar-refractivity contribution in [3.05, 3.63) is 71.0 Å². The van der Waals surface area contributed by atoms with Gasteiger partial charge in [-0.2, -0.15) is 0 Å². The molecule has 0 spiro atoms. The van der Waals surface area contributed by atoms with Gasteiger partial charge in [0.05, 0.1) is 12.2 Å². The molecular weight excluding hydrogens is 364 g/mol. The number of hydrogen-bond acceptors (Lipinski definition) is 6. The van der Waals surface area contributed by atoms with Crippen molar-refractivity contribution < 1.29 is 9.53 Å². The number of nitrogens with zero attached hydrogens (tertiary/aromatic N) is 2. The highest BCUT2D eigenvalue weighted by molar-refractivity contribution is 6.30. The van der Waals surface area contributed by atoms with Crippen LogP contribution in [0.25, 0.3) is 0 Å². The Morgan fingerprint density at radius 1 is 1.00 bits per heavy atom. The first-order chi connectivity index (χ1) is 13.0. The molecule has 0 saturated heterocycles. The van der Waals surface area contributed by atoms with Gasteiger partial charge in [-0.3, -0.25) is 0 Å². The summed E-state index contributed by atoms with van der Waals surface area (Å²) in [5, 5.41) is 7.07. The zero-order chi connectivity index (χ0) is 19.2. The molecule has 7 heteroatoms. The van der Waals surface area contributed by atoms with Gasteiger partial charge < -0.3 is 15.4 Å². The maximum atomic E-state index is 11.7. The van der Waals surface area contributed by atoms with Crippen LogP contribution in [0.1, 0.15) is 23.1 Å². The highest BCUT2D eigenvalue weighted by Crippen LogP contribution is 2.22. The summed E-state index contributed by atoms with van der Waals surface area (Å²) in [6.45, 7) is 3.94. The van der Waals surface area contributed by atoms with E-state index in [2.05, 4.69) is 20.6 Å². The lowest BCUT2D eigenvalue weighted by Gasteiger charge is -2.11. The summed E-state index contributed by atoms with van der Waals surface area (Å²) in [6.07, 6.45) is 0. The van der Waals surface area contributed by atoms with Gasteiger partial charge in [0.15, 0.2) is 0 Å². The van der Waals surface area contributed by atoms with E-state index >= 15 is 0 Å². The van der Waals surface area contributed by atoms with Crippen LogP contribution in [0.3, 0.4) is 0 Å². The number of nitrogens with one attached hydrogen (secondary N) is 2. The fraction of sp³-hybridized carbons (Fsp3) is 0.150. The third-order valence-electron chi connectivity index (χ3n) is 3.60. The molecule has 0 radical (unpaired) electrons. The van der Waals surface area contributed by atoms with Crippen molar-refractivity contribution in [2.24, 2.45) is 0 Å². The largest absolute Gasteiger partial charge is 0.462 e. The number of rotatable bonds is 6. The maximum Gasteiger partial charge on any atom is 0.338 e. The van der Waals surface area contributed by atoms with Gasteiger partial charge in [-0.05, 0) is 56.3 Å². The summed E-state index contributed by atoms with van der Waals surface area (Å²) in [5.41, 5.74) is 2.14. The number of esters is 1. The molecule has 0 fully saturated rings. The molecule has 27 heavy (non-hydrogen) atoms. The molecule has 0 aliphatic heterocycles. The highest BCUT2D eigenvalue weighted by Gasteiger charge is 2.07. The standard InChI is InChI=1S/C20H19ClN4O2/c1-3-27-20(26)14-7-9-16(10-8-14)24-18-12-19(23-13(2)22-18)25-17-6-4-5-15(21)11-17/h4-12H,3H2,1-2H3,(H2,22,23,24,25). The molecule has 138 valence electrons. The normalized spacial score (nSPS) is 10.3. The minimum atomic E-state index is -0.338. The molecule has 1 aromatic heterocycles. The van der Waals surface area contributed by atoms with Crippen molar-refractivity contribution in [3.63, 3.8) is 0 Å². The second-order valence-electron chi connectivity index (χ2n) is 5.74. The molecule has 0 aliphatic carbocycles. The molecule has 3 rings (SSSR count). The van der Waals surface area contributed by atoms with Crippen LogP contribution in [-0.4, -0.2) is 22.5 Å². The van der Waals surface area contributed by atoms with Crippen LogP contribution in [0.2, 0.25) is 5.02 Å². The number of halogens is 1. The predicted octanol–water partition coefficient (Wildman–Crippen LogP) is 5.10. The lowest BCUT2D eigenvalue weighted by atomic mass is 10.2. The molecule has 6 nitrogen and oxygen atoms in total. The average Bonchev–Trinajstić information content (AvgIpc) is 2.62. The fourth-order valence-corrected chi connectivity index (χ4v) is 2.65. The zero-order valence-electron chi connectivity index (χ0n) is 15.0. The smallest absolute Gasteiger partial charge is 0.338 e. The van der Waals surface area contributed by atoms with Crippen molar-refractivity contribution in [2.45, 2.75) is 13.8 Å². The van der Waals surface area contributed by atoms with E-state index in [0.29, 0.717) is 34.7 Å². The summed E-state index contributed by atoms with van der Waals surface area (Å²) in [5.74, 6) is 1.56. The number of anilines is 4. The third kappa shape index (κ3) is 5.18. The summed E-state index contributed by atoms with van der Waals surface area (Å²) in [6, 6.07) is 16.2. The topological polar surface area (TPSA) is 76.1 Å². The average molecular weight is 383 g/mol. The molecule has 0 atom stereocenters. The second-order valence-corrected chi connectivity index (χ2v) is 6.18.